The number of cyclic esters (lactones) is 1. The monoisotopic (exact) mass is 680 g/mol. The van der Waals surface area contributed by atoms with Crippen LogP contribution in [0.15, 0.2) is 102 Å². The standard InChI is InChI=1S/C36H40O8Se/c1-23(2)28(18-33(38)25(4)21-42-22-27-12-14-29(41-6)15-13-27)19-34(43-26(5)37)32-20-30(44-36(32)40)16-24(3)17-35(39)45-31-10-8-7-9-11-31/h7-15,17,20,28,30,34H,1,4,16,18-19,21-22H2,2-3,5-6H3/b24-17+/t28-,30-,34?/m1/s1. The third kappa shape index (κ3) is 11.8. The molecule has 0 saturated heterocycles. The van der Waals surface area contributed by atoms with Crippen LogP contribution in [0.1, 0.15) is 45.6 Å². The summed E-state index contributed by atoms with van der Waals surface area (Å²) in [7, 11) is 1.60. The molecule has 8 nitrogen and oxygen atoms in total. The van der Waals surface area contributed by atoms with Crippen molar-refractivity contribution in [3.8, 4) is 5.75 Å². The average Bonchev–Trinajstić information content (AvgIpc) is 3.35. The van der Waals surface area contributed by atoms with Crippen LogP contribution in [-0.4, -0.2) is 63.3 Å². The third-order valence-electron chi connectivity index (χ3n) is 7.09. The number of rotatable bonds is 18. The van der Waals surface area contributed by atoms with Crippen LogP contribution in [0, 0.1) is 5.92 Å². The minimum atomic E-state index is -0.929. The first-order valence-electron chi connectivity index (χ1n) is 14.6. The van der Waals surface area contributed by atoms with E-state index in [0.29, 0.717) is 24.2 Å². The number of esters is 2. The van der Waals surface area contributed by atoms with Crippen LogP contribution in [0.4, 0.5) is 0 Å². The number of ether oxygens (including phenoxy) is 4. The Morgan fingerprint density at radius 1 is 1.02 bits per heavy atom. The van der Waals surface area contributed by atoms with Crippen LogP contribution < -0.4 is 9.20 Å². The van der Waals surface area contributed by atoms with E-state index < -0.39 is 30.1 Å². The summed E-state index contributed by atoms with van der Waals surface area (Å²) in [5.74, 6) is -1.02. The van der Waals surface area contributed by atoms with E-state index in [1.807, 2.05) is 61.5 Å². The van der Waals surface area contributed by atoms with Crippen LogP contribution in [0.5, 0.6) is 5.75 Å². The number of carbonyl (C=O) groups is 4. The predicted octanol–water partition coefficient (Wildman–Crippen LogP) is 4.99. The molecule has 0 spiro atoms. The molecule has 9 heteroatoms. The second kappa shape index (κ2) is 17.4. The second-order valence-electron chi connectivity index (χ2n) is 10.9. The van der Waals surface area contributed by atoms with Gasteiger partial charge in [-0.1, -0.05) is 18.7 Å². The molecule has 0 N–H and O–H groups in total. The first-order valence-corrected chi connectivity index (χ1v) is 16.3. The molecular weight excluding hydrogens is 639 g/mol. The van der Waals surface area contributed by atoms with Gasteiger partial charge in [0.2, 0.25) is 0 Å². The summed E-state index contributed by atoms with van der Waals surface area (Å²) in [6.45, 7) is 13.2. The Kier molecular flexibility index (Phi) is 13.7. The van der Waals surface area contributed by atoms with Crippen molar-refractivity contribution >= 4 is 41.8 Å². The van der Waals surface area contributed by atoms with E-state index in [9.17, 15) is 19.2 Å². The third-order valence-corrected chi connectivity index (χ3v) is 8.82. The Morgan fingerprint density at radius 3 is 2.33 bits per heavy atom. The normalized spacial score (nSPS) is 15.8. The summed E-state index contributed by atoms with van der Waals surface area (Å²) in [5, 5.41) is 0. The van der Waals surface area contributed by atoms with Gasteiger partial charge in [-0.05, 0) is 17.7 Å². The van der Waals surface area contributed by atoms with Gasteiger partial charge in [0, 0.05) is 5.57 Å². The SMILES string of the molecule is C=C(COCc1ccc(OC)cc1)C(=O)C[C@H](CC(OC(C)=O)C1=C[C@@H](C/C(C)=C/C(=O)[Se]c2ccccc2)OC1=O)C(=C)C. The zero-order valence-electron chi connectivity index (χ0n) is 26.2. The summed E-state index contributed by atoms with van der Waals surface area (Å²) in [6, 6.07) is 17.0. The fraction of sp³-hybridized carbons (Fsp3) is 0.333. The average molecular weight is 680 g/mol. The van der Waals surface area contributed by atoms with Crippen molar-refractivity contribution in [2.75, 3.05) is 13.7 Å². The van der Waals surface area contributed by atoms with Crippen molar-refractivity contribution in [2.45, 2.75) is 58.8 Å². The first-order chi connectivity index (χ1) is 21.4. The maximum absolute atomic E-state index is 13.1. The Morgan fingerprint density at radius 2 is 1.71 bits per heavy atom. The van der Waals surface area contributed by atoms with E-state index in [4.69, 9.17) is 18.9 Å². The Bertz CT molecular complexity index is 1460. The molecule has 2 aromatic rings. The molecule has 2 aromatic carbocycles. The zero-order valence-corrected chi connectivity index (χ0v) is 27.9. The topological polar surface area (TPSA) is 105 Å². The molecule has 1 aliphatic rings. The van der Waals surface area contributed by atoms with E-state index in [-0.39, 0.29) is 50.4 Å². The van der Waals surface area contributed by atoms with E-state index >= 15 is 0 Å². The molecule has 3 rings (SSSR count). The number of Topliss-reactive ketones (excluding diaryl/α,β-unsaturated/α-hetero) is 1. The minimum absolute atomic E-state index is 0.0132. The molecule has 0 aromatic heterocycles. The molecule has 45 heavy (non-hydrogen) atoms. The van der Waals surface area contributed by atoms with E-state index in [1.54, 1.807) is 26.2 Å². The number of ketones is 1. The molecule has 0 radical (unpaired) electrons. The van der Waals surface area contributed by atoms with E-state index in [0.717, 1.165) is 21.3 Å². The first kappa shape index (κ1) is 35.4. The zero-order chi connectivity index (χ0) is 32.9. The predicted molar refractivity (Wildman–Crippen MR) is 173 cm³/mol. The van der Waals surface area contributed by atoms with Crippen molar-refractivity contribution < 1.29 is 38.1 Å². The molecule has 0 amide bonds. The van der Waals surface area contributed by atoms with Crippen molar-refractivity contribution in [2.24, 2.45) is 5.92 Å². The quantitative estimate of drug-likeness (QED) is 0.0941. The van der Waals surface area contributed by atoms with Gasteiger partial charge in [-0.3, -0.25) is 4.79 Å². The van der Waals surface area contributed by atoms with Crippen LogP contribution in [0.25, 0.3) is 0 Å². The Labute approximate surface area is 271 Å². The summed E-state index contributed by atoms with van der Waals surface area (Å²) in [4.78, 5) is 50.5. The van der Waals surface area contributed by atoms with Gasteiger partial charge in [-0.25, -0.2) is 0 Å². The summed E-state index contributed by atoms with van der Waals surface area (Å²) in [6.07, 6.45) is 2.26. The van der Waals surface area contributed by atoms with Gasteiger partial charge in [-0.2, -0.15) is 0 Å². The molecule has 0 bridgehead atoms. The maximum atomic E-state index is 13.1. The number of carbonyl (C=O) groups excluding carboxylic acids is 4. The van der Waals surface area contributed by atoms with E-state index in [1.165, 1.54) is 6.92 Å². The van der Waals surface area contributed by atoms with Gasteiger partial charge < -0.3 is 9.47 Å². The number of hydrogen-bond acceptors (Lipinski definition) is 8. The Balaban J connectivity index is 1.61. The molecule has 0 aliphatic carbocycles. The number of methoxy groups -OCH3 is 1. The fourth-order valence-corrected chi connectivity index (χ4v) is 6.33. The van der Waals surface area contributed by atoms with Crippen LogP contribution in [0.2, 0.25) is 0 Å². The van der Waals surface area contributed by atoms with Crippen LogP contribution in [-0.2, 0) is 40.0 Å². The second-order valence-corrected chi connectivity index (χ2v) is 13.2. The van der Waals surface area contributed by atoms with Crippen molar-refractivity contribution in [3.63, 3.8) is 0 Å². The summed E-state index contributed by atoms with van der Waals surface area (Å²) < 4.78 is 23.0. The molecule has 0 fully saturated rings. The number of allylic oxidation sites excluding steroid dienone is 2. The van der Waals surface area contributed by atoms with Crippen LogP contribution >= 0.6 is 0 Å². The van der Waals surface area contributed by atoms with Crippen molar-refractivity contribution in [1.82, 2.24) is 0 Å². The molecule has 1 unspecified atom stereocenters. The van der Waals surface area contributed by atoms with E-state index in [2.05, 4.69) is 13.2 Å². The number of hydrogen-bond donors (Lipinski definition) is 0. The summed E-state index contributed by atoms with van der Waals surface area (Å²) >= 11 is -0.348. The molecule has 1 heterocycles. The van der Waals surface area contributed by atoms with Gasteiger partial charge in [0.15, 0.2) is 0 Å². The van der Waals surface area contributed by atoms with Gasteiger partial charge in [0.05, 0.1) is 20.3 Å². The molecule has 1 aliphatic heterocycles. The summed E-state index contributed by atoms with van der Waals surface area (Å²) in [5.41, 5.74) is 2.93. The number of benzene rings is 2. The van der Waals surface area contributed by atoms with Gasteiger partial charge >= 0.3 is 190 Å². The van der Waals surface area contributed by atoms with Crippen LogP contribution in [0.3, 0.4) is 0 Å². The van der Waals surface area contributed by atoms with Crippen molar-refractivity contribution in [1.29, 1.82) is 0 Å². The fourth-order valence-electron chi connectivity index (χ4n) is 4.68. The Hall–Kier alpha value is -4.04. The van der Waals surface area contributed by atoms with Crippen molar-refractivity contribution in [3.05, 3.63) is 108 Å². The van der Waals surface area contributed by atoms with Gasteiger partial charge in [-0.15, -0.1) is 0 Å². The van der Waals surface area contributed by atoms with Gasteiger partial charge in [0.1, 0.15) is 5.75 Å². The van der Waals surface area contributed by atoms with Gasteiger partial charge in [0.25, 0.3) is 0 Å². The molecule has 0 saturated carbocycles. The molecule has 3 atom stereocenters. The molecule has 238 valence electrons. The molecular formula is C36H40O8Se.